The highest BCUT2D eigenvalue weighted by atomic mass is 35.5. The van der Waals surface area contributed by atoms with E-state index in [2.05, 4.69) is 10.3 Å². The molecule has 2 N–H and O–H groups in total. The summed E-state index contributed by atoms with van der Waals surface area (Å²) in [7, 11) is 0. The second kappa shape index (κ2) is 3.49. The quantitative estimate of drug-likeness (QED) is 0.868. The molecule has 4 nitrogen and oxygen atoms in total. The van der Waals surface area contributed by atoms with Crippen molar-refractivity contribution in [2.75, 3.05) is 5.73 Å². The highest BCUT2D eigenvalue weighted by molar-refractivity contribution is 6.32. The van der Waals surface area contributed by atoms with Crippen LogP contribution in [0.4, 0.5) is 5.82 Å². The summed E-state index contributed by atoms with van der Waals surface area (Å²) in [5, 5.41) is 8.82. The maximum absolute atomic E-state index is 6.09. The molecule has 3 rings (SSSR count). The molecule has 2 aromatic rings. The number of anilines is 1. The van der Waals surface area contributed by atoms with Crippen LogP contribution < -0.4 is 5.73 Å². The summed E-state index contributed by atoms with van der Waals surface area (Å²) < 4.78 is 1.61. The Bertz CT molecular complexity index is 531. The molecule has 1 heterocycles. The average molecular weight is 235 g/mol. The van der Waals surface area contributed by atoms with E-state index < -0.39 is 0 Å². The lowest BCUT2D eigenvalue weighted by Crippen LogP contribution is -2.03. The maximum Gasteiger partial charge on any atom is 0.151 e. The van der Waals surface area contributed by atoms with Crippen LogP contribution in [0.1, 0.15) is 24.5 Å². The third-order valence-electron chi connectivity index (χ3n) is 2.78. The second-order valence-corrected chi connectivity index (χ2v) is 4.40. The molecule has 1 aliphatic rings. The van der Waals surface area contributed by atoms with Crippen LogP contribution in [0.15, 0.2) is 24.3 Å². The van der Waals surface area contributed by atoms with Gasteiger partial charge in [-0.1, -0.05) is 28.9 Å². The van der Waals surface area contributed by atoms with Gasteiger partial charge in [0, 0.05) is 5.92 Å². The SMILES string of the molecule is Nc1c(C2CC2)nnn1-c1ccccc1Cl. The van der Waals surface area contributed by atoms with Gasteiger partial charge in [0.2, 0.25) is 0 Å². The molecular formula is C11H11ClN4. The van der Waals surface area contributed by atoms with Crippen molar-refractivity contribution in [1.29, 1.82) is 0 Å². The van der Waals surface area contributed by atoms with Gasteiger partial charge in [-0.2, -0.15) is 4.68 Å². The summed E-state index contributed by atoms with van der Waals surface area (Å²) in [4.78, 5) is 0. The van der Waals surface area contributed by atoms with Gasteiger partial charge in [0.25, 0.3) is 0 Å². The number of halogens is 1. The van der Waals surface area contributed by atoms with Crippen LogP contribution in [0, 0.1) is 0 Å². The van der Waals surface area contributed by atoms with Gasteiger partial charge >= 0.3 is 0 Å². The smallest absolute Gasteiger partial charge is 0.151 e. The fourth-order valence-corrected chi connectivity index (χ4v) is 1.97. The fraction of sp³-hybridized carbons (Fsp3) is 0.273. The normalized spacial score (nSPS) is 15.3. The highest BCUT2D eigenvalue weighted by Gasteiger charge is 2.30. The summed E-state index contributed by atoms with van der Waals surface area (Å²) >= 11 is 6.09. The van der Waals surface area contributed by atoms with Crippen molar-refractivity contribution in [1.82, 2.24) is 15.0 Å². The standard InChI is InChI=1S/C11H11ClN4/c12-8-3-1-2-4-9(8)16-11(13)10(14-15-16)7-5-6-7/h1-4,7H,5-6,13H2. The van der Waals surface area contributed by atoms with E-state index in [4.69, 9.17) is 17.3 Å². The maximum atomic E-state index is 6.09. The largest absolute Gasteiger partial charge is 0.382 e. The Balaban J connectivity index is 2.10. The zero-order valence-corrected chi connectivity index (χ0v) is 9.35. The number of hydrogen-bond acceptors (Lipinski definition) is 3. The minimum absolute atomic E-state index is 0.497. The van der Waals surface area contributed by atoms with Crippen LogP contribution in [0.2, 0.25) is 5.02 Å². The summed E-state index contributed by atoms with van der Waals surface area (Å²) in [5.74, 6) is 1.10. The zero-order valence-electron chi connectivity index (χ0n) is 8.60. The average Bonchev–Trinajstić information content (AvgIpc) is 3.05. The fourth-order valence-electron chi connectivity index (χ4n) is 1.75. The number of rotatable bonds is 2. The molecule has 1 aromatic heterocycles. The molecule has 0 amide bonds. The zero-order chi connectivity index (χ0) is 11.1. The van der Waals surface area contributed by atoms with Gasteiger partial charge in [0.1, 0.15) is 5.69 Å². The minimum Gasteiger partial charge on any atom is -0.382 e. The molecule has 0 saturated heterocycles. The summed E-state index contributed by atoms with van der Waals surface area (Å²) in [6.07, 6.45) is 2.32. The molecule has 0 unspecified atom stereocenters. The number of nitrogens with two attached hydrogens (primary N) is 1. The number of aromatic nitrogens is 3. The molecule has 0 aliphatic heterocycles. The Morgan fingerprint density at radius 2 is 2.06 bits per heavy atom. The Morgan fingerprint density at radius 3 is 2.75 bits per heavy atom. The lowest BCUT2D eigenvalue weighted by atomic mass is 10.3. The first-order valence-corrected chi connectivity index (χ1v) is 5.61. The van der Waals surface area contributed by atoms with Gasteiger partial charge in [0.05, 0.1) is 10.7 Å². The predicted molar refractivity (Wildman–Crippen MR) is 62.8 cm³/mol. The topological polar surface area (TPSA) is 56.7 Å². The number of benzene rings is 1. The highest BCUT2D eigenvalue weighted by Crippen LogP contribution is 2.41. The monoisotopic (exact) mass is 234 g/mol. The van der Waals surface area contributed by atoms with Crippen molar-refractivity contribution in [3.8, 4) is 5.69 Å². The molecule has 82 valence electrons. The summed E-state index contributed by atoms with van der Waals surface area (Å²) in [6, 6.07) is 7.47. The van der Waals surface area contributed by atoms with Crippen molar-refractivity contribution < 1.29 is 0 Å². The van der Waals surface area contributed by atoms with Gasteiger partial charge in [-0.25, -0.2) is 0 Å². The first kappa shape index (κ1) is 9.66. The van der Waals surface area contributed by atoms with Crippen molar-refractivity contribution in [2.45, 2.75) is 18.8 Å². The van der Waals surface area contributed by atoms with Crippen LogP contribution >= 0.6 is 11.6 Å². The van der Waals surface area contributed by atoms with Gasteiger partial charge in [-0.3, -0.25) is 0 Å². The summed E-state index contributed by atoms with van der Waals surface area (Å²) in [6.45, 7) is 0. The van der Waals surface area contributed by atoms with E-state index >= 15 is 0 Å². The minimum atomic E-state index is 0.497. The van der Waals surface area contributed by atoms with Gasteiger partial charge in [-0.05, 0) is 25.0 Å². The van der Waals surface area contributed by atoms with Crippen LogP contribution in [0.3, 0.4) is 0 Å². The predicted octanol–water partition coefficient (Wildman–Crippen LogP) is 2.38. The van der Waals surface area contributed by atoms with Crippen LogP contribution in [-0.2, 0) is 0 Å². The Morgan fingerprint density at radius 1 is 1.31 bits per heavy atom. The molecule has 1 aromatic carbocycles. The molecule has 0 radical (unpaired) electrons. The molecule has 1 saturated carbocycles. The Labute approximate surface area is 98.0 Å². The molecular weight excluding hydrogens is 224 g/mol. The molecule has 1 aliphatic carbocycles. The number of nitrogens with zero attached hydrogens (tertiary/aromatic N) is 3. The molecule has 1 fully saturated rings. The number of nitrogen functional groups attached to an aromatic ring is 1. The van der Waals surface area contributed by atoms with Gasteiger partial charge < -0.3 is 5.73 Å². The molecule has 0 bridgehead atoms. The van der Waals surface area contributed by atoms with E-state index in [1.165, 1.54) is 0 Å². The van der Waals surface area contributed by atoms with Crippen molar-refractivity contribution in [2.24, 2.45) is 0 Å². The first-order valence-electron chi connectivity index (χ1n) is 5.23. The number of hydrogen-bond donors (Lipinski definition) is 1. The van der Waals surface area contributed by atoms with E-state index in [0.29, 0.717) is 16.8 Å². The van der Waals surface area contributed by atoms with E-state index in [9.17, 15) is 0 Å². The Kier molecular flexibility index (Phi) is 2.11. The second-order valence-electron chi connectivity index (χ2n) is 4.00. The molecule has 16 heavy (non-hydrogen) atoms. The van der Waals surface area contributed by atoms with Crippen LogP contribution in [0.25, 0.3) is 5.69 Å². The van der Waals surface area contributed by atoms with Gasteiger partial charge in [0.15, 0.2) is 5.82 Å². The van der Waals surface area contributed by atoms with Gasteiger partial charge in [-0.15, -0.1) is 5.10 Å². The first-order chi connectivity index (χ1) is 7.77. The lowest BCUT2D eigenvalue weighted by Gasteiger charge is -2.04. The van der Waals surface area contributed by atoms with Crippen molar-refractivity contribution >= 4 is 17.4 Å². The van der Waals surface area contributed by atoms with Crippen molar-refractivity contribution in [3.63, 3.8) is 0 Å². The van der Waals surface area contributed by atoms with Crippen LogP contribution in [-0.4, -0.2) is 15.0 Å². The molecule has 5 heteroatoms. The third kappa shape index (κ3) is 1.46. The lowest BCUT2D eigenvalue weighted by molar-refractivity contribution is 0.802. The van der Waals surface area contributed by atoms with E-state index in [0.717, 1.165) is 24.2 Å². The molecule has 0 spiro atoms. The molecule has 0 atom stereocenters. The van der Waals surface area contributed by atoms with E-state index in [-0.39, 0.29) is 0 Å². The van der Waals surface area contributed by atoms with E-state index in [1.54, 1.807) is 4.68 Å². The van der Waals surface area contributed by atoms with Crippen molar-refractivity contribution in [3.05, 3.63) is 35.0 Å². The summed E-state index contributed by atoms with van der Waals surface area (Å²) in [5.41, 5.74) is 7.71. The third-order valence-corrected chi connectivity index (χ3v) is 3.10. The number of para-hydroxylation sites is 1. The van der Waals surface area contributed by atoms with E-state index in [1.807, 2.05) is 24.3 Å². The van der Waals surface area contributed by atoms with Crippen LogP contribution in [0.5, 0.6) is 0 Å². The Hall–Kier alpha value is -1.55.